The van der Waals surface area contributed by atoms with Crippen LogP contribution in [0.15, 0.2) is 60.7 Å². The number of carbonyl (C=O) groups is 1. The fraction of sp³-hybridized carbons (Fsp3) is 0. The number of halogens is 2. The molecule has 0 fully saturated rings. The largest absolute Gasteiger partial charge is 0.428 e. The summed E-state index contributed by atoms with van der Waals surface area (Å²) in [6.07, 6.45) is 0. The Bertz CT molecular complexity index is 529. The fourth-order valence-electron chi connectivity index (χ4n) is 1.42. The van der Waals surface area contributed by atoms with E-state index in [9.17, 15) is 4.79 Å². The molecule has 0 aliphatic carbocycles. The average Bonchev–Trinajstić information content (AvgIpc) is 2.41. The minimum Gasteiger partial charge on any atom is -0.428 e. The second-order valence-corrected chi connectivity index (χ2v) is 9.76. The third-order valence-corrected chi connectivity index (χ3v) is 6.25. The Hall–Kier alpha value is -1.29. The van der Waals surface area contributed by atoms with E-state index in [1.54, 1.807) is 48.5 Å². The Balaban J connectivity index is 2.18. The normalized spacial score (nSPS) is 11.0. The molecule has 0 radical (unpaired) electrons. The third kappa shape index (κ3) is 2.93. The molecule has 2 aromatic carbocycles. The number of hydrogen-bond donors (Lipinski definition) is 0. The predicted molar refractivity (Wildman–Crippen MR) is 76.0 cm³/mol. The van der Waals surface area contributed by atoms with E-state index in [1.807, 2.05) is 12.1 Å². The van der Waals surface area contributed by atoms with Gasteiger partial charge in [-0.3, -0.25) is 4.79 Å². The van der Waals surface area contributed by atoms with Gasteiger partial charge in [-0.25, -0.2) is 0 Å². The van der Waals surface area contributed by atoms with E-state index >= 15 is 0 Å². The van der Waals surface area contributed by atoms with E-state index in [0.717, 1.165) is 0 Å². The summed E-state index contributed by atoms with van der Waals surface area (Å²) in [5, 5.41) is 0.620. The first-order valence-electron chi connectivity index (χ1n) is 5.31. The number of ether oxygens (including phenoxy) is 1. The first kappa shape index (κ1) is 13.1. The van der Waals surface area contributed by atoms with E-state index in [2.05, 4.69) is 0 Å². The van der Waals surface area contributed by atoms with Crippen LogP contribution in [0.5, 0.6) is 5.75 Å². The highest BCUT2D eigenvalue weighted by molar-refractivity contribution is 7.62. The molecule has 0 spiro atoms. The van der Waals surface area contributed by atoms with Crippen LogP contribution in [0.25, 0.3) is 0 Å². The molecule has 18 heavy (non-hydrogen) atoms. The van der Waals surface area contributed by atoms with Crippen molar-refractivity contribution in [1.82, 2.24) is 0 Å². The number of hydrogen-bond acceptors (Lipinski definition) is 2. The molecule has 2 aromatic rings. The van der Waals surface area contributed by atoms with Crippen molar-refractivity contribution in [2.45, 2.75) is 0 Å². The Labute approximate surface area is 116 Å². The molecule has 0 atom stereocenters. The van der Waals surface area contributed by atoms with Crippen molar-refractivity contribution in [3.05, 3.63) is 60.7 Å². The monoisotopic (exact) mass is 296 g/mol. The lowest BCUT2D eigenvalue weighted by molar-refractivity contribution is 0.224. The topological polar surface area (TPSA) is 26.3 Å². The molecule has 0 bridgehead atoms. The zero-order chi connectivity index (χ0) is 13.0. The van der Waals surface area contributed by atoms with Gasteiger partial charge in [-0.2, -0.15) is 0 Å². The quantitative estimate of drug-likeness (QED) is 0.639. The highest BCUT2D eigenvalue weighted by Gasteiger charge is 2.42. The van der Waals surface area contributed by atoms with Crippen LogP contribution < -0.4 is 9.92 Å². The summed E-state index contributed by atoms with van der Waals surface area (Å²) in [6.45, 7) is -3.28. The molecule has 0 N–H and O–H groups in total. The summed E-state index contributed by atoms with van der Waals surface area (Å²) in [6, 6.07) is 17.6. The minimum absolute atomic E-state index is 0.441. The first-order chi connectivity index (χ1) is 8.60. The van der Waals surface area contributed by atoms with Gasteiger partial charge in [-0.15, -0.1) is 22.2 Å². The summed E-state index contributed by atoms with van der Waals surface area (Å²) >= 11 is 12.4. The van der Waals surface area contributed by atoms with Gasteiger partial charge in [0.15, 0.2) is 0 Å². The SMILES string of the molecule is O=C(Oc1ccccc1)[Si](Cl)(Cl)c1ccccc1. The van der Waals surface area contributed by atoms with E-state index < -0.39 is 12.3 Å². The van der Waals surface area contributed by atoms with Gasteiger partial charge >= 0.3 is 12.3 Å². The molecule has 0 aliphatic heterocycles. The van der Waals surface area contributed by atoms with Crippen LogP contribution in [0, 0.1) is 0 Å². The van der Waals surface area contributed by atoms with Crippen molar-refractivity contribution in [3.8, 4) is 5.75 Å². The zero-order valence-corrected chi connectivity index (χ0v) is 11.9. The van der Waals surface area contributed by atoms with Gasteiger partial charge in [0.1, 0.15) is 5.75 Å². The summed E-state index contributed by atoms with van der Waals surface area (Å²) in [5.74, 6) is 0.441. The van der Waals surface area contributed by atoms with Gasteiger partial charge in [0.05, 0.1) is 0 Å². The lowest BCUT2D eigenvalue weighted by Crippen LogP contribution is -2.47. The highest BCUT2D eigenvalue weighted by Crippen LogP contribution is 2.20. The van der Waals surface area contributed by atoms with E-state index in [-0.39, 0.29) is 0 Å². The van der Waals surface area contributed by atoms with Crippen LogP contribution in [-0.4, -0.2) is 12.3 Å². The Morgan fingerprint density at radius 1 is 0.889 bits per heavy atom. The van der Waals surface area contributed by atoms with Crippen LogP contribution in [0.2, 0.25) is 0 Å². The maximum atomic E-state index is 12.0. The Morgan fingerprint density at radius 2 is 1.39 bits per heavy atom. The van der Waals surface area contributed by atoms with E-state index in [0.29, 0.717) is 10.9 Å². The summed E-state index contributed by atoms with van der Waals surface area (Å²) in [4.78, 5) is 12.0. The van der Waals surface area contributed by atoms with Crippen molar-refractivity contribution in [2.24, 2.45) is 0 Å². The molecule has 0 saturated carbocycles. The second kappa shape index (κ2) is 5.57. The van der Waals surface area contributed by atoms with Crippen molar-refractivity contribution < 1.29 is 9.53 Å². The Morgan fingerprint density at radius 3 is 1.94 bits per heavy atom. The third-order valence-electron chi connectivity index (χ3n) is 2.35. The maximum absolute atomic E-state index is 12.0. The molecule has 0 unspecified atom stereocenters. The molecule has 0 aromatic heterocycles. The molecule has 0 amide bonds. The predicted octanol–water partition coefficient (Wildman–Crippen LogP) is 3.59. The first-order valence-corrected chi connectivity index (χ1v) is 9.34. The van der Waals surface area contributed by atoms with Crippen molar-refractivity contribution in [3.63, 3.8) is 0 Å². The number of rotatable bonds is 3. The van der Waals surface area contributed by atoms with Gasteiger partial charge in [-0.1, -0.05) is 48.5 Å². The van der Waals surface area contributed by atoms with Crippen LogP contribution in [0.3, 0.4) is 0 Å². The maximum Gasteiger partial charge on any atom is 0.401 e. The number of benzene rings is 2. The number of carbonyl (C=O) groups excluding carboxylic acids is 1. The molecule has 92 valence electrons. The molecule has 0 heterocycles. The zero-order valence-electron chi connectivity index (χ0n) is 9.35. The minimum atomic E-state index is -3.28. The van der Waals surface area contributed by atoms with Crippen LogP contribution in [-0.2, 0) is 0 Å². The van der Waals surface area contributed by atoms with Gasteiger partial charge in [0.2, 0.25) is 0 Å². The van der Waals surface area contributed by atoms with Crippen LogP contribution >= 0.6 is 22.2 Å². The van der Waals surface area contributed by atoms with E-state index in [4.69, 9.17) is 26.9 Å². The molecule has 2 nitrogen and oxygen atoms in total. The summed E-state index contributed by atoms with van der Waals surface area (Å²) in [7, 11) is 0. The average molecular weight is 297 g/mol. The summed E-state index contributed by atoms with van der Waals surface area (Å²) in [5.41, 5.74) is -0.580. The molecule has 0 aliphatic rings. The fourth-order valence-corrected chi connectivity index (χ4v) is 3.51. The molecular weight excluding hydrogens is 287 g/mol. The van der Waals surface area contributed by atoms with Gasteiger partial charge in [0.25, 0.3) is 0 Å². The van der Waals surface area contributed by atoms with Crippen LogP contribution in [0.1, 0.15) is 0 Å². The smallest absolute Gasteiger partial charge is 0.401 e. The van der Waals surface area contributed by atoms with Crippen LogP contribution in [0.4, 0.5) is 4.79 Å². The van der Waals surface area contributed by atoms with Crippen molar-refractivity contribution >= 4 is 39.6 Å². The standard InChI is InChI=1S/C13H10Cl2O2Si/c14-18(15,12-9-5-2-6-10-12)13(16)17-11-7-3-1-4-8-11/h1-10H. The molecule has 0 saturated heterocycles. The lowest BCUT2D eigenvalue weighted by Gasteiger charge is -2.15. The second-order valence-electron chi connectivity index (χ2n) is 3.64. The van der Waals surface area contributed by atoms with E-state index in [1.165, 1.54) is 0 Å². The van der Waals surface area contributed by atoms with Gasteiger partial charge in [-0.05, 0) is 17.3 Å². The lowest BCUT2D eigenvalue weighted by atomic mass is 10.3. The summed E-state index contributed by atoms with van der Waals surface area (Å²) < 4.78 is 5.19. The van der Waals surface area contributed by atoms with Crippen molar-refractivity contribution in [1.29, 1.82) is 0 Å². The number of para-hydroxylation sites is 1. The Kier molecular flexibility index (Phi) is 4.06. The highest BCUT2D eigenvalue weighted by atomic mass is 35.7. The van der Waals surface area contributed by atoms with Gasteiger partial charge < -0.3 is 4.74 Å². The molecule has 2 rings (SSSR count). The molecular formula is C13H10Cl2O2Si. The molecule has 5 heteroatoms. The van der Waals surface area contributed by atoms with Crippen molar-refractivity contribution in [2.75, 3.05) is 0 Å². The van der Waals surface area contributed by atoms with Gasteiger partial charge in [0, 0.05) is 0 Å².